The maximum atomic E-state index is 12.4. The van der Waals surface area contributed by atoms with E-state index in [2.05, 4.69) is 33.5 Å². The van der Waals surface area contributed by atoms with Crippen LogP contribution in [0.1, 0.15) is 31.9 Å². The van der Waals surface area contributed by atoms with Gasteiger partial charge in [-0.1, -0.05) is 35.0 Å². The van der Waals surface area contributed by atoms with Crippen molar-refractivity contribution in [1.29, 1.82) is 0 Å². The molecule has 0 spiro atoms. The van der Waals surface area contributed by atoms with Gasteiger partial charge in [0.25, 0.3) is 0 Å². The smallest absolute Gasteiger partial charge is 0.227 e. The van der Waals surface area contributed by atoms with Crippen molar-refractivity contribution in [2.45, 2.75) is 32.4 Å². The fourth-order valence-electron chi connectivity index (χ4n) is 2.52. The van der Waals surface area contributed by atoms with Crippen LogP contribution in [-0.2, 0) is 9.53 Å². The van der Waals surface area contributed by atoms with E-state index < -0.39 is 0 Å². The van der Waals surface area contributed by atoms with Crippen LogP contribution < -0.4 is 10.6 Å². The van der Waals surface area contributed by atoms with Crippen LogP contribution in [0, 0.1) is 5.92 Å². The van der Waals surface area contributed by atoms with Gasteiger partial charge in [-0.25, -0.2) is 0 Å². The van der Waals surface area contributed by atoms with Gasteiger partial charge in [-0.2, -0.15) is 0 Å². The number of carbonyl (C=O) groups excluding carboxylic acids is 1. The van der Waals surface area contributed by atoms with Gasteiger partial charge in [0, 0.05) is 10.5 Å². The largest absolute Gasteiger partial charge is 0.379 e. The van der Waals surface area contributed by atoms with Gasteiger partial charge >= 0.3 is 0 Å². The molecule has 2 rings (SSSR count). The lowest BCUT2D eigenvalue weighted by Gasteiger charge is -2.21. The molecule has 5 heteroatoms. The highest BCUT2D eigenvalue weighted by Gasteiger charge is 2.34. The molecule has 1 aliphatic rings. The second kappa shape index (κ2) is 7.92. The van der Waals surface area contributed by atoms with Gasteiger partial charge < -0.3 is 15.4 Å². The summed E-state index contributed by atoms with van der Waals surface area (Å²) in [7, 11) is 0. The number of ether oxygens (including phenoxy) is 1. The van der Waals surface area contributed by atoms with Crippen molar-refractivity contribution < 1.29 is 9.53 Å². The monoisotopic (exact) mass is 354 g/mol. The highest BCUT2D eigenvalue weighted by Crippen LogP contribution is 2.20. The average Bonchev–Trinajstić information content (AvgIpc) is 2.93. The van der Waals surface area contributed by atoms with Crippen LogP contribution in [0.2, 0.25) is 0 Å². The molecular weight excluding hydrogens is 332 g/mol. The summed E-state index contributed by atoms with van der Waals surface area (Å²) >= 11 is 3.46. The Morgan fingerprint density at radius 2 is 2.29 bits per heavy atom. The van der Waals surface area contributed by atoms with Crippen molar-refractivity contribution in [3.63, 3.8) is 0 Å². The molecule has 0 radical (unpaired) electrons. The summed E-state index contributed by atoms with van der Waals surface area (Å²) in [6.45, 7) is 6.15. The second-order valence-electron chi connectivity index (χ2n) is 5.49. The molecule has 21 heavy (non-hydrogen) atoms. The van der Waals surface area contributed by atoms with Gasteiger partial charge in [0.05, 0.1) is 25.2 Å². The molecule has 0 aromatic heterocycles. The Hall–Kier alpha value is -0.910. The molecule has 1 heterocycles. The molecule has 0 aliphatic carbocycles. The maximum Gasteiger partial charge on any atom is 0.227 e. The minimum atomic E-state index is -0.105. The first-order valence-electron chi connectivity index (χ1n) is 7.48. The van der Waals surface area contributed by atoms with E-state index in [1.807, 2.05) is 31.2 Å². The molecule has 2 N–H and O–H groups in total. The minimum absolute atomic E-state index is 0.0116. The first-order chi connectivity index (χ1) is 10.1. The van der Waals surface area contributed by atoms with Gasteiger partial charge in [0.1, 0.15) is 0 Å². The van der Waals surface area contributed by atoms with Crippen LogP contribution in [0.5, 0.6) is 0 Å². The number of nitrogens with one attached hydrogen (secondary N) is 2. The highest BCUT2D eigenvalue weighted by molar-refractivity contribution is 9.10. The van der Waals surface area contributed by atoms with Gasteiger partial charge in [0.2, 0.25) is 5.91 Å². The Labute approximate surface area is 134 Å². The van der Waals surface area contributed by atoms with Crippen LogP contribution in [0.25, 0.3) is 0 Å². The van der Waals surface area contributed by atoms with E-state index in [1.165, 1.54) is 0 Å². The number of benzene rings is 1. The van der Waals surface area contributed by atoms with E-state index in [4.69, 9.17) is 4.74 Å². The Morgan fingerprint density at radius 3 is 3.00 bits per heavy atom. The van der Waals surface area contributed by atoms with Crippen molar-refractivity contribution in [3.05, 3.63) is 34.3 Å². The number of hydrogen-bond acceptors (Lipinski definition) is 3. The van der Waals surface area contributed by atoms with Gasteiger partial charge in [-0.05, 0) is 37.6 Å². The zero-order valence-electron chi connectivity index (χ0n) is 12.6. The first kappa shape index (κ1) is 16.5. The molecule has 1 fully saturated rings. The molecule has 4 nitrogen and oxygen atoms in total. The zero-order valence-corrected chi connectivity index (χ0v) is 14.2. The fraction of sp³-hybridized carbons (Fsp3) is 0.562. The van der Waals surface area contributed by atoms with Crippen molar-refractivity contribution in [2.24, 2.45) is 5.92 Å². The second-order valence-corrected chi connectivity index (χ2v) is 6.41. The number of hydrogen-bond donors (Lipinski definition) is 2. The Morgan fingerprint density at radius 1 is 1.48 bits per heavy atom. The molecule has 1 aromatic carbocycles. The van der Waals surface area contributed by atoms with Crippen LogP contribution in [0.15, 0.2) is 28.7 Å². The molecule has 1 amide bonds. The SMILES string of the molecule is CCCNC1COCC1C(=O)N[C@@H](C)c1cccc(Br)c1. The molecule has 3 atom stereocenters. The average molecular weight is 355 g/mol. The lowest BCUT2D eigenvalue weighted by molar-refractivity contribution is -0.126. The maximum absolute atomic E-state index is 12.4. The summed E-state index contributed by atoms with van der Waals surface area (Å²) in [5, 5.41) is 6.48. The molecule has 1 aliphatic heterocycles. The molecule has 0 bridgehead atoms. The van der Waals surface area contributed by atoms with Crippen LogP contribution in [0.4, 0.5) is 0 Å². The topological polar surface area (TPSA) is 50.4 Å². The fourth-order valence-corrected chi connectivity index (χ4v) is 2.94. The van der Waals surface area contributed by atoms with Crippen molar-refractivity contribution in [3.8, 4) is 0 Å². The molecule has 1 saturated heterocycles. The van der Waals surface area contributed by atoms with E-state index >= 15 is 0 Å². The molecule has 116 valence electrons. The molecule has 0 saturated carbocycles. The van der Waals surface area contributed by atoms with E-state index in [9.17, 15) is 4.79 Å². The number of rotatable bonds is 6. The normalized spacial score (nSPS) is 23.0. The minimum Gasteiger partial charge on any atom is -0.379 e. The van der Waals surface area contributed by atoms with Gasteiger partial charge in [-0.3, -0.25) is 4.79 Å². The first-order valence-corrected chi connectivity index (χ1v) is 8.28. The summed E-state index contributed by atoms with van der Waals surface area (Å²) in [6, 6.07) is 8.12. The number of carbonyl (C=O) groups is 1. The third kappa shape index (κ3) is 4.53. The Balaban J connectivity index is 1.94. The third-order valence-electron chi connectivity index (χ3n) is 3.78. The Bertz CT molecular complexity index is 481. The van der Waals surface area contributed by atoms with E-state index in [0.717, 1.165) is 23.0 Å². The highest BCUT2D eigenvalue weighted by atomic mass is 79.9. The van der Waals surface area contributed by atoms with Gasteiger partial charge in [-0.15, -0.1) is 0 Å². The lowest BCUT2D eigenvalue weighted by Crippen LogP contribution is -2.44. The van der Waals surface area contributed by atoms with E-state index in [-0.39, 0.29) is 23.9 Å². The van der Waals surface area contributed by atoms with Crippen molar-refractivity contribution in [1.82, 2.24) is 10.6 Å². The van der Waals surface area contributed by atoms with E-state index in [1.54, 1.807) is 0 Å². The molecular formula is C16H23BrN2O2. The molecule has 2 unspecified atom stereocenters. The lowest BCUT2D eigenvalue weighted by atomic mass is 10.0. The number of halogens is 1. The summed E-state index contributed by atoms with van der Waals surface area (Å²) < 4.78 is 6.48. The Kier molecular flexibility index (Phi) is 6.21. The van der Waals surface area contributed by atoms with E-state index in [0.29, 0.717) is 13.2 Å². The van der Waals surface area contributed by atoms with Crippen LogP contribution in [0.3, 0.4) is 0 Å². The van der Waals surface area contributed by atoms with Crippen molar-refractivity contribution >= 4 is 21.8 Å². The van der Waals surface area contributed by atoms with Crippen LogP contribution in [-0.4, -0.2) is 31.7 Å². The quantitative estimate of drug-likeness (QED) is 0.825. The zero-order chi connectivity index (χ0) is 15.2. The van der Waals surface area contributed by atoms with Crippen molar-refractivity contribution in [2.75, 3.05) is 19.8 Å². The third-order valence-corrected chi connectivity index (χ3v) is 4.27. The predicted molar refractivity (Wildman–Crippen MR) is 87.1 cm³/mol. The van der Waals surface area contributed by atoms with Crippen LogP contribution >= 0.6 is 15.9 Å². The number of amides is 1. The summed E-state index contributed by atoms with van der Waals surface area (Å²) in [5.41, 5.74) is 1.09. The summed E-state index contributed by atoms with van der Waals surface area (Å²) in [4.78, 5) is 12.4. The summed E-state index contributed by atoms with van der Waals surface area (Å²) in [6.07, 6.45) is 1.05. The van der Waals surface area contributed by atoms with Gasteiger partial charge in [0.15, 0.2) is 0 Å². The predicted octanol–water partition coefficient (Wildman–Crippen LogP) is 2.64. The molecule has 1 aromatic rings. The summed E-state index contributed by atoms with van der Waals surface area (Å²) in [5.74, 6) is -0.0419. The standard InChI is InChI=1S/C16H23BrN2O2/c1-3-7-18-15-10-21-9-14(15)16(20)19-11(2)12-5-4-6-13(17)8-12/h4-6,8,11,14-15,18H,3,7,9-10H2,1-2H3,(H,19,20)/t11-,14?,15?/m0/s1.